The second-order valence-electron chi connectivity index (χ2n) is 32.9. The summed E-state index contributed by atoms with van der Waals surface area (Å²) in [6.07, 6.45) is 0. The van der Waals surface area contributed by atoms with Crippen molar-refractivity contribution in [1.29, 1.82) is 0 Å². The lowest BCUT2D eigenvalue weighted by Crippen LogP contribution is -2.68. The van der Waals surface area contributed by atoms with Crippen LogP contribution in [-0.4, -0.2) is 22.6 Å². The van der Waals surface area contributed by atoms with Crippen molar-refractivity contribution in [3.63, 3.8) is 0 Å². The predicted octanol–water partition coefficient (Wildman–Crippen LogP) is 17.0. The zero-order valence-corrected chi connectivity index (χ0v) is 54.2. The Balaban J connectivity index is 1.22. The molecule has 0 N–H and O–H groups in total. The van der Waals surface area contributed by atoms with Crippen LogP contribution in [0.25, 0.3) is 44.1 Å². The normalized spacial score (nSPS) is 14.9. The Kier molecular flexibility index (Phi) is 11.3. The molecule has 0 amide bonds. The Labute approximate surface area is 502 Å². The van der Waals surface area contributed by atoms with Gasteiger partial charge in [0.05, 0.1) is 16.7 Å². The number of para-hydroxylation sites is 1. The molecule has 0 saturated carbocycles. The molecule has 4 aliphatic heterocycles. The minimum absolute atomic E-state index is 0.0119. The molecular formula is C78H86B2N4. The van der Waals surface area contributed by atoms with Crippen molar-refractivity contribution in [3.05, 3.63) is 178 Å². The number of benzene rings is 8. The van der Waals surface area contributed by atoms with Crippen LogP contribution in [0.3, 0.4) is 0 Å². The molecule has 0 bridgehead atoms. The number of rotatable bonds is 2. The van der Waals surface area contributed by atoms with E-state index in [2.05, 4.69) is 304 Å². The van der Waals surface area contributed by atoms with Crippen molar-refractivity contribution in [3.8, 4) is 11.4 Å². The molecule has 4 nitrogen and oxygen atoms in total. The number of aromatic nitrogens is 2. The van der Waals surface area contributed by atoms with Gasteiger partial charge in [-0.2, -0.15) is 0 Å². The molecule has 0 fully saturated rings. The molecule has 0 saturated heterocycles. The number of hydrogen-bond acceptors (Lipinski definition) is 2. The number of nitrogens with zero attached hydrogens (tertiary/aromatic N) is 4. The van der Waals surface area contributed by atoms with Crippen molar-refractivity contribution < 1.29 is 0 Å². The molecule has 0 unspecified atom stereocenters. The Morgan fingerprint density at radius 1 is 0.286 bits per heavy atom. The highest BCUT2D eigenvalue weighted by molar-refractivity contribution is 7.04. The standard InChI is InChI=1S/C78H86B2N4/c1-72(2,3)45-26-25-29-53(34-45)81-62-41-50(77(16,17)18)44-65-67(62)80(71-69(81)56-36-47(74(7,8)9)31-33-61(56)82(71)52-27-23-22-24-28-52)59-40-49(76(13,14)15)39-58-70(59)84(65)64-43-51(78(19,20)21)42-63-66(64)79(58)57-38-48(75(10,11)12)37-55-54-35-46(73(4,5)6)30-32-60(54)83(63)68(55)57/h22-44H,1-21H3. The van der Waals surface area contributed by atoms with Crippen LogP contribution in [0.5, 0.6) is 0 Å². The first-order valence-electron chi connectivity index (χ1n) is 31.2. The Morgan fingerprint density at radius 2 is 0.702 bits per heavy atom. The Hall–Kier alpha value is -7.17. The van der Waals surface area contributed by atoms with Crippen LogP contribution < -0.4 is 42.7 Å². The van der Waals surface area contributed by atoms with Crippen LogP contribution in [0.4, 0.5) is 34.1 Å². The minimum atomic E-state index is -0.189. The largest absolute Gasteiger partial charge is 0.319 e. The number of hydrogen-bond donors (Lipinski definition) is 0. The molecule has 10 aromatic rings. The van der Waals surface area contributed by atoms with Crippen molar-refractivity contribution in [2.45, 2.75) is 183 Å². The minimum Gasteiger partial charge on any atom is -0.319 e. The van der Waals surface area contributed by atoms with E-state index in [9.17, 15) is 0 Å². The third-order valence-corrected chi connectivity index (χ3v) is 19.7. The summed E-state index contributed by atoms with van der Waals surface area (Å²) in [5.41, 5.74) is 30.9. The molecule has 0 aliphatic carbocycles. The van der Waals surface area contributed by atoms with Gasteiger partial charge >= 0.3 is 0 Å². The Bertz CT molecular complexity index is 4470. The van der Waals surface area contributed by atoms with Crippen LogP contribution in [-0.2, 0) is 37.9 Å². The predicted molar refractivity (Wildman–Crippen MR) is 367 cm³/mol. The summed E-state index contributed by atoms with van der Waals surface area (Å²) in [5.74, 6) is 0. The zero-order chi connectivity index (χ0) is 59.8. The second kappa shape index (κ2) is 17.3. The van der Waals surface area contributed by atoms with Gasteiger partial charge < -0.3 is 18.9 Å². The fraction of sp³-hybridized carbons (Fsp3) is 0.359. The first kappa shape index (κ1) is 54.7. The highest BCUT2D eigenvalue weighted by Gasteiger charge is 2.53. The van der Waals surface area contributed by atoms with E-state index in [0.717, 1.165) is 0 Å². The maximum Gasteiger partial charge on any atom is 0.273 e. The molecule has 0 radical (unpaired) electrons. The van der Waals surface area contributed by atoms with Gasteiger partial charge in [-0.05, 0) is 183 Å². The summed E-state index contributed by atoms with van der Waals surface area (Å²) in [4.78, 5) is 5.53. The van der Waals surface area contributed by atoms with Crippen LogP contribution in [0.1, 0.15) is 184 Å². The molecule has 6 heteroatoms. The van der Waals surface area contributed by atoms with Gasteiger partial charge in [-0.1, -0.05) is 206 Å². The summed E-state index contributed by atoms with van der Waals surface area (Å²) in [6.45, 7) is 50.1. The van der Waals surface area contributed by atoms with Gasteiger partial charge in [-0.25, -0.2) is 0 Å². The van der Waals surface area contributed by atoms with Gasteiger partial charge in [0.25, 0.3) is 13.4 Å². The molecule has 8 aromatic carbocycles. The summed E-state index contributed by atoms with van der Waals surface area (Å²) < 4.78 is 5.38. The van der Waals surface area contributed by atoms with Gasteiger partial charge in [0.15, 0.2) is 0 Å². The third-order valence-electron chi connectivity index (χ3n) is 19.7. The fourth-order valence-corrected chi connectivity index (χ4v) is 14.7. The van der Waals surface area contributed by atoms with E-state index in [1.165, 1.54) is 150 Å². The van der Waals surface area contributed by atoms with Gasteiger partial charge in [0.2, 0.25) is 0 Å². The molecule has 4 aliphatic rings. The SMILES string of the molecule is CC(C)(C)c1cccc(N2c3cc(C(C)(C)C)cc4c3B(c3cc(C(C)(C)C)cc5c3N4c3cc(C(C)(C)C)cc4c3B5c3cc(C(C)(C)C)cc5c6cc(C(C)(C)C)ccc6n-4c35)c3c2c2cc(C(C)(C)C)ccc2n3-c2ccccc2)c1. The van der Waals surface area contributed by atoms with E-state index in [1.807, 2.05) is 0 Å². The summed E-state index contributed by atoms with van der Waals surface area (Å²) >= 11 is 0. The van der Waals surface area contributed by atoms with Crippen LogP contribution in [0.2, 0.25) is 0 Å². The molecule has 6 heterocycles. The molecule has 424 valence electrons. The van der Waals surface area contributed by atoms with E-state index in [-0.39, 0.29) is 51.3 Å². The van der Waals surface area contributed by atoms with E-state index in [1.54, 1.807) is 0 Å². The average molecular weight is 1100 g/mol. The van der Waals surface area contributed by atoms with Gasteiger partial charge in [-0.3, -0.25) is 0 Å². The van der Waals surface area contributed by atoms with E-state index in [4.69, 9.17) is 0 Å². The van der Waals surface area contributed by atoms with Gasteiger partial charge in [0.1, 0.15) is 0 Å². The molecule has 2 aromatic heterocycles. The van der Waals surface area contributed by atoms with Gasteiger partial charge in [-0.15, -0.1) is 0 Å². The van der Waals surface area contributed by atoms with Crippen molar-refractivity contribution >= 4 is 113 Å². The molecule has 14 rings (SSSR count). The van der Waals surface area contributed by atoms with Crippen LogP contribution >= 0.6 is 0 Å². The maximum atomic E-state index is 2.81. The highest BCUT2D eigenvalue weighted by atomic mass is 15.2. The first-order valence-corrected chi connectivity index (χ1v) is 31.2. The Morgan fingerprint density at radius 3 is 1.25 bits per heavy atom. The topological polar surface area (TPSA) is 16.3 Å². The average Bonchev–Trinajstić information content (AvgIpc) is 1.17. The van der Waals surface area contributed by atoms with E-state index < -0.39 is 0 Å². The monoisotopic (exact) mass is 1100 g/mol. The van der Waals surface area contributed by atoms with Crippen molar-refractivity contribution in [2.24, 2.45) is 0 Å². The second-order valence-corrected chi connectivity index (χ2v) is 32.9. The summed E-state index contributed by atoms with van der Waals surface area (Å²) in [5, 5.41) is 3.97. The van der Waals surface area contributed by atoms with E-state index in [0.29, 0.717) is 0 Å². The molecule has 0 spiro atoms. The fourth-order valence-electron chi connectivity index (χ4n) is 14.7. The van der Waals surface area contributed by atoms with Crippen LogP contribution in [0, 0.1) is 0 Å². The first-order chi connectivity index (χ1) is 39.1. The van der Waals surface area contributed by atoms with Crippen molar-refractivity contribution in [2.75, 3.05) is 9.80 Å². The lowest BCUT2D eigenvalue weighted by molar-refractivity contribution is 0.589. The lowest BCUT2D eigenvalue weighted by atomic mass is 9.29. The number of fused-ring (bicyclic) bond motifs is 13. The maximum absolute atomic E-state index is 2.81. The zero-order valence-electron chi connectivity index (χ0n) is 54.2. The molecule has 0 atom stereocenters. The summed E-state index contributed by atoms with van der Waals surface area (Å²) in [7, 11) is 0. The molecular weight excluding hydrogens is 1010 g/mol. The van der Waals surface area contributed by atoms with Crippen LogP contribution in [0.15, 0.2) is 140 Å². The van der Waals surface area contributed by atoms with Crippen molar-refractivity contribution in [1.82, 2.24) is 9.13 Å². The molecule has 84 heavy (non-hydrogen) atoms. The highest BCUT2D eigenvalue weighted by Crippen LogP contribution is 2.52. The summed E-state index contributed by atoms with van der Waals surface area (Å²) in [6, 6.07) is 56.6. The quantitative estimate of drug-likeness (QED) is 0.160. The third kappa shape index (κ3) is 7.93. The number of anilines is 6. The van der Waals surface area contributed by atoms with Gasteiger partial charge in [0, 0.05) is 67.1 Å². The van der Waals surface area contributed by atoms with E-state index >= 15 is 0 Å². The lowest BCUT2D eigenvalue weighted by Gasteiger charge is -2.49. The smallest absolute Gasteiger partial charge is 0.273 e.